The first kappa shape index (κ1) is 17.0. The monoisotopic (exact) mass is 284 g/mol. The molecule has 3 unspecified atom stereocenters. The molecule has 0 saturated carbocycles. The zero-order valence-electron chi connectivity index (χ0n) is 13.1. The first-order valence-electron chi connectivity index (χ1n) is 7.61. The Balaban J connectivity index is 2.63. The number of carbonyl (C=O) groups excluding carboxylic acids is 1. The number of aliphatic carboxylic acids is 1. The highest BCUT2D eigenvalue weighted by Crippen LogP contribution is 2.22. The number of carboxylic acid groups (broad SMARTS) is 1. The molecule has 2 N–H and O–H groups in total. The lowest BCUT2D eigenvalue weighted by atomic mass is 9.95. The number of hydrogen-bond acceptors (Lipinski definition) is 3. The predicted octanol–water partition coefficient (Wildman–Crippen LogP) is 2.01. The van der Waals surface area contributed by atoms with Gasteiger partial charge in [-0.1, -0.05) is 13.3 Å². The van der Waals surface area contributed by atoms with Gasteiger partial charge in [0.25, 0.3) is 0 Å². The number of carboxylic acids is 1. The van der Waals surface area contributed by atoms with E-state index in [2.05, 4.69) is 19.2 Å². The number of likely N-dealkylation sites (tertiary alicyclic amines) is 1. The Hall–Kier alpha value is -1.10. The Morgan fingerprint density at radius 1 is 1.30 bits per heavy atom. The normalized spacial score (nSPS) is 26.1. The number of nitrogens with zero attached hydrogens (tertiary/aromatic N) is 1. The van der Waals surface area contributed by atoms with Gasteiger partial charge in [-0.25, -0.2) is 0 Å². The smallest absolute Gasteiger partial charge is 0.323 e. The Morgan fingerprint density at radius 2 is 1.85 bits per heavy atom. The molecule has 0 aromatic carbocycles. The maximum Gasteiger partial charge on any atom is 0.323 e. The third kappa shape index (κ3) is 3.95. The summed E-state index contributed by atoms with van der Waals surface area (Å²) in [5.74, 6) is -0.889. The third-order valence-electron chi connectivity index (χ3n) is 4.33. The third-order valence-corrected chi connectivity index (χ3v) is 4.33. The maximum atomic E-state index is 12.4. The molecule has 1 aliphatic heterocycles. The van der Waals surface area contributed by atoms with Crippen LogP contribution in [0, 0.1) is 0 Å². The van der Waals surface area contributed by atoms with Crippen LogP contribution in [0.5, 0.6) is 0 Å². The molecule has 5 nitrogen and oxygen atoms in total. The fourth-order valence-electron chi connectivity index (χ4n) is 3.05. The summed E-state index contributed by atoms with van der Waals surface area (Å²) in [6.07, 6.45) is 4.49. The first-order valence-corrected chi connectivity index (χ1v) is 7.61. The minimum atomic E-state index is -1.02. The summed E-state index contributed by atoms with van der Waals surface area (Å²) >= 11 is 0. The molecule has 3 atom stereocenters. The second-order valence-electron chi connectivity index (χ2n) is 6.17. The van der Waals surface area contributed by atoms with E-state index < -0.39 is 11.5 Å². The second kappa shape index (κ2) is 7.07. The van der Waals surface area contributed by atoms with Crippen LogP contribution in [0.3, 0.4) is 0 Å². The molecule has 5 heteroatoms. The van der Waals surface area contributed by atoms with E-state index in [0.717, 1.165) is 25.7 Å². The van der Waals surface area contributed by atoms with E-state index in [9.17, 15) is 14.7 Å². The number of rotatable bonds is 6. The highest BCUT2D eigenvalue weighted by atomic mass is 16.4. The Kier molecular flexibility index (Phi) is 5.99. The molecule has 1 aliphatic rings. The molecule has 0 radical (unpaired) electrons. The molecule has 1 amide bonds. The molecule has 1 fully saturated rings. The van der Waals surface area contributed by atoms with Crippen molar-refractivity contribution in [3.63, 3.8) is 0 Å². The van der Waals surface area contributed by atoms with Crippen LogP contribution in [-0.4, -0.2) is 46.1 Å². The minimum Gasteiger partial charge on any atom is -0.480 e. The lowest BCUT2D eigenvalue weighted by Gasteiger charge is -2.39. The van der Waals surface area contributed by atoms with Gasteiger partial charge in [-0.3, -0.25) is 14.9 Å². The molecule has 0 aromatic rings. The van der Waals surface area contributed by atoms with Crippen molar-refractivity contribution < 1.29 is 14.7 Å². The van der Waals surface area contributed by atoms with E-state index in [1.165, 1.54) is 0 Å². The molecule has 0 spiro atoms. The summed E-state index contributed by atoms with van der Waals surface area (Å²) in [6, 6.07) is 0.491. The van der Waals surface area contributed by atoms with Crippen LogP contribution in [0.15, 0.2) is 0 Å². The number of carbonyl (C=O) groups is 2. The van der Waals surface area contributed by atoms with Gasteiger partial charge in [-0.05, 0) is 46.5 Å². The summed E-state index contributed by atoms with van der Waals surface area (Å²) in [5, 5.41) is 12.2. The fourth-order valence-corrected chi connectivity index (χ4v) is 3.05. The van der Waals surface area contributed by atoms with Gasteiger partial charge in [-0.2, -0.15) is 0 Å². The molecule has 1 heterocycles. The SMILES string of the molecule is CCCC(C)(NCC(=O)N1C(C)CCCC1C)C(=O)O. The highest BCUT2D eigenvalue weighted by molar-refractivity contribution is 5.82. The quantitative estimate of drug-likeness (QED) is 0.783. The van der Waals surface area contributed by atoms with Crippen LogP contribution < -0.4 is 5.32 Å². The average molecular weight is 284 g/mol. The van der Waals surface area contributed by atoms with E-state index in [-0.39, 0.29) is 24.5 Å². The highest BCUT2D eigenvalue weighted by Gasteiger charge is 2.34. The Bertz CT molecular complexity index is 349. The van der Waals surface area contributed by atoms with Gasteiger partial charge in [0.2, 0.25) is 5.91 Å². The topological polar surface area (TPSA) is 69.6 Å². The van der Waals surface area contributed by atoms with Gasteiger partial charge < -0.3 is 10.0 Å². The van der Waals surface area contributed by atoms with Gasteiger partial charge in [0.15, 0.2) is 0 Å². The zero-order chi connectivity index (χ0) is 15.3. The van der Waals surface area contributed by atoms with Crippen LogP contribution in [0.4, 0.5) is 0 Å². The molecule has 0 aliphatic carbocycles. The number of amides is 1. The van der Waals surface area contributed by atoms with Crippen LogP contribution >= 0.6 is 0 Å². The van der Waals surface area contributed by atoms with Crippen molar-refractivity contribution in [1.82, 2.24) is 10.2 Å². The van der Waals surface area contributed by atoms with E-state index in [1.807, 2.05) is 11.8 Å². The second-order valence-corrected chi connectivity index (χ2v) is 6.17. The van der Waals surface area contributed by atoms with Crippen molar-refractivity contribution in [1.29, 1.82) is 0 Å². The van der Waals surface area contributed by atoms with Gasteiger partial charge in [0.05, 0.1) is 6.54 Å². The molecule has 1 rings (SSSR count). The van der Waals surface area contributed by atoms with Crippen molar-refractivity contribution in [2.45, 2.75) is 77.4 Å². The van der Waals surface area contributed by atoms with Crippen LogP contribution in [0.1, 0.15) is 59.8 Å². The summed E-state index contributed by atoms with van der Waals surface area (Å²) in [5.41, 5.74) is -1.02. The van der Waals surface area contributed by atoms with E-state index in [4.69, 9.17) is 0 Å². The van der Waals surface area contributed by atoms with Crippen molar-refractivity contribution in [3.8, 4) is 0 Å². The molecule has 1 saturated heterocycles. The Labute approximate surface area is 121 Å². The van der Waals surface area contributed by atoms with Crippen molar-refractivity contribution in [2.75, 3.05) is 6.54 Å². The van der Waals surface area contributed by atoms with Crippen molar-refractivity contribution in [3.05, 3.63) is 0 Å². The fraction of sp³-hybridized carbons (Fsp3) is 0.867. The molecule has 0 aromatic heterocycles. The lowest BCUT2D eigenvalue weighted by Crippen LogP contribution is -2.56. The molecular formula is C15H28N2O3. The largest absolute Gasteiger partial charge is 0.480 e. The standard InChI is InChI=1S/C15H28N2O3/c1-5-9-15(4,14(19)20)16-10-13(18)17-11(2)7-6-8-12(17)3/h11-12,16H,5-10H2,1-4H3,(H,19,20). The van der Waals surface area contributed by atoms with Gasteiger partial charge in [0.1, 0.15) is 5.54 Å². The summed E-state index contributed by atoms with van der Waals surface area (Å²) < 4.78 is 0. The molecular weight excluding hydrogens is 256 g/mol. The summed E-state index contributed by atoms with van der Waals surface area (Å²) in [7, 11) is 0. The Morgan fingerprint density at radius 3 is 2.30 bits per heavy atom. The molecule has 0 bridgehead atoms. The van der Waals surface area contributed by atoms with Gasteiger partial charge in [0, 0.05) is 12.1 Å². The lowest BCUT2D eigenvalue weighted by molar-refractivity contribution is -0.145. The van der Waals surface area contributed by atoms with Crippen molar-refractivity contribution >= 4 is 11.9 Å². The average Bonchev–Trinajstić information content (AvgIpc) is 2.36. The van der Waals surface area contributed by atoms with Crippen LogP contribution in [0.2, 0.25) is 0 Å². The van der Waals surface area contributed by atoms with Crippen molar-refractivity contribution in [2.24, 2.45) is 0 Å². The molecule has 20 heavy (non-hydrogen) atoms. The van der Waals surface area contributed by atoms with Gasteiger partial charge >= 0.3 is 5.97 Å². The van der Waals surface area contributed by atoms with Gasteiger partial charge in [-0.15, -0.1) is 0 Å². The summed E-state index contributed by atoms with van der Waals surface area (Å²) in [4.78, 5) is 25.6. The number of hydrogen-bond donors (Lipinski definition) is 2. The number of nitrogens with one attached hydrogen (secondary N) is 1. The maximum absolute atomic E-state index is 12.4. The molecule has 116 valence electrons. The zero-order valence-corrected chi connectivity index (χ0v) is 13.1. The number of piperidine rings is 1. The van der Waals surface area contributed by atoms with Crippen LogP contribution in [0.25, 0.3) is 0 Å². The predicted molar refractivity (Wildman–Crippen MR) is 78.6 cm³/mol. The summed E-state index contributed by atoms with van der Waals surface area (Å²) in [6.45, 7) is 7.82. The first-order chi connectivity index (χ1) is 9.31. The van der Waals surface area contributed by atoms with E-state index in [0.29, 0.717) is 6.42 Å². The van der Waals surface area contributed by atoms with E-state index in [1.54, 1.807) is 6.92 Å². The van der Waals surface area contributed by atoms with Crippen LogP contribution in [-0.2, 0) is 9.59 Å². The van der Waals surface area contributed by atoms with E-state index >= 15 is 0 Å². The minimum absolute atomic E-state index is 0.00766.